The maximum absolute atomic E-state index is 13.2. The van der Waals surface area contributed by atoms with Gasteiger partial charge in [-0.2, -0.15) is 9.30 Å². The highest BCUT2D eigenvalue weighted by Gasteiger charge is 2.34. The van der Waals surface area contributed by atoms with Gasteiger partial charge in [0.25, 0.3) is 15.9 Å². The molecule has 9 nitrogen and oxygen atoms in total. The van der Waals surface area contributed by atoms with Crippen molar-refractivity contribution in [2.75, 3.05) is 32.1 Å². The predicted octanol–water partition coefficient (Wildman–Crippen LogP) is 3.55. The number of hydrogen-bond acceptors (Lipinski definition) is 7. The Kier molecular flexibility index (Phi) is 8.09. The van der Waals surface area contributed by atoms with E-state index in [1.54, 1.807) is 19.2 Å². The molecule has 1 aromatic carbocycles. The Morgan fingerprint density at radius 3 is 2.74 bits per heavy atom. The standard InChI is InChI=1S/C22H25ClN4O5S3/c1-14(28)24-16-5-6-17-18(12-16)33-22(27(17)10-11-32-2)25-21(29)15-4-3-9-26(13-15)35(30,31)20-8-7-19(23)34-20/h5-8,12,15H,3-4,9-11,13H2,1-2H3,(H,24,28). The van der Waals surface area contributed by atoms with Crippen molar-refractivity contribution < 1.29 is 22.7 Å². The molecule has 3 aromatic rings. The number of fused-ring (bicyclic) bond motifs is 1. The Bertz CT molecular complexity index is 1430. The van der Waals surface area contributed by atoms with Crippen LogP contribution in [0.5, 0.6) is 0 Å². The lowest BCUT2D eigenvalue weighted by Gasteiger charge is -2.29. The Morgan fingerprint density at radius 2 is 2.06 bits per heavy atom. The number of benzene rings is 1. The van der Waals surface area contributed by atoms with Gasteiger partial charge in [-0.1, -0.05) is 22.9 Å². The first-order chi connectivity index (χ1) is 16.7. The lowest BCUT2D eigenvalue weighted by atomic mass is 9.99. The SMILES string of the molecule is COCCn1c(=NC(=O)C2CCCN(S(=O)(=O)c3ccc(Cl)s3)C2)sc2cc(NC(C)=O)ccc21. The van der Waals surface area contributed by atoms with Crippen LogP contribution in [0.4, 0.5) is 5.69 Å². The molecule has 2 aromatic heterocycles. The van der Waals surface area contributed by atoms with Crippen molar-refractivity contribution in [2.45, 2.75) is 30.5 Å². The molecule has 1 fully saturated rings. The highest BCUT2D eigenvalue weighted by atomic mass is 35.5. The van der Waals surface area contributed by atoms with E-state index < -0.39 is 15.9 Å². The number of carbonyl (C=O) groups excluding carboxylic acids is 2. The molecule has 1 aliphatic heterocycles. The van der Waals surface area contributed by atoms with Gasteiger partial charge in [0.1, 0.15) is 4.21 Å². The largest absolute Gasteiger partial charge is 0.383 e. The van der Waals surface area contributed by atoms with Crippen LogP contribution in [0.15, 0.2) is 39.5 Å². The second kappa shape index (κ2) is 10.9. The number of thiophene rings is 1. The zero-order valence-electron chi connectivity index (χ0n) is 19.2. The fraction of sp³-hybridized carbons (Fsp3) is 0.409. The topological polar surface area (TPSA) is 110 Å². The molecule has 0 aliphatic carbocycles. The molecule has 0 spiro atoms. The summed E-state index contributed by atoms with van der Waals surface area (Å²) in [6, 6.07) is 8.56. The number of sulfonamides is 1. The number of methoxy groups -OCH3 is 1. The lowest BCUT2D eigenvalue weighted by Crippen LogP contribution is -2.42. The number of hydrogen-bond donors (Lipinski definition) is 1. The number of nitrogens with zero attached hydrogens (tertiary/aromatic N) is 3. The van der Waals surface area contributed by atoms with Gasteiger partial charge in [0.15, 0.2) is 4.80 Å². The van der Waals surface area contributed by atoms with E-state index in [4.69, 9.17) is 16.3 Å². The number of piperidine rings is 1. The van der Waals surface area contributed by atoms with Crippen LogP contribution in [0.2, 0.25) is 4.34 Å². The molecule has 1 unspecified atom stereocenters. The molecule has 0 bridgehead atoms. The Morgan fingerprint density at radius 1 is 1.26 bits per heavy atom. The number of ether oxygens (including phenoxy) is 1. The smallest absolute Gasteiger partial charge is 0.252 e. The maximum Gasteiger partial charge on any atom is 0.252 e. The van der Waals surface area contributed by atoms with E-state index in [2.05, 4.69) is 10.3 Å². The average molecular weight is 557 g/mol. The number of rotatable bonds is 7. The summed E-state index contributed by atoms with van der Waals surface area (Å²) >= 11 is 8.27. The Balaban J connectivity index is 1.63. The first-order valence-corrected chi connectivity index (χ1v) is 14.4. The molecule has 1 N–H and O–H groups in total. The highest BCUT2D eigenvalue weighted by molar-refractivity contribution is 7.91. The van der Waals surface area contributed by atoms with Crippen LogP contribution in [0, 0.1) is 5.92 Å². The van der Waals surface area contributed by atoms with Gasteiger partial charge >= 0.3 is 0 Å². The number of thiazole rings is 1. The molecule has 0 radical (unpaired) electrons. The van der Waals surface area contributed by atoms with E-state index in [0.29, 0.717) is 47.4 Å². The van der Waals surface area contributed by atoms with E-state index in [9.17, 15) is 18.0 Å². The summed E-state index contributed by atoms with van der Waals surface area (Å²) in [5.41, 5.74) is 1.53. The van der Waals surface area contributed by atoms with Crippen LogP contribution in [0.3, 0.4) is 0 Å². The number of amides is 2. The zero-order chi connectivity index (χ0) is 25.2. The number of carbonyl (C=O) groups is 2. The monoisotopic (exact) mass is 556 g/mol. The van der Waals surface area contributed by atoms with Crippen molar-refractivity contribution in [3.8, 4) is 0 Å². The molecular formula is C22H25ClN4O5S3. The van der Waals surface area contributed by atoms with E-state index in [0.717, 1.165) is 21.6 Å². The average Bonchev–Trinajstić information content (AvgIpc) is 3.40. The number of anilines is 1. The zero-order valence-corrected chi connectivity index (χ0v) is 22.4. The third-order valence-corrected chi connectivity index (χ3v) is 10.2. The maximum atomic E-state index is 13.2. The molecule has 4 rings (SSSR count). The van der Waals surface area contributed by atoms with Gasteiger partial charge in [0, 0.05) is 39.4 Å². The van der Waals surface area contributed by atoms with Crippen LogP contribution in [0.25, 0.3) is 10.2 Å². The molecule has 35 heavy (non-hydrogen) atoms. The van der Waals surface area contributed by atoms with Crippen molar-refractivity contribution in [1.82, 2.24) is 8.87 Å². The van der Waals surface area contributed by atoms with Gasteiger partial charge in [0.2, 0.25) is 5.91 Å². The minimum atomic E-state index is -3.72. The third kappa shape index (κ3) is 5.84. The van der Waals surface area contributed by atoms with Gasteiger partial charge in [-0.15, -0.1) is 11.3 Å². The second-order valence-electron chi connectivity index (χ2n) is 8.10. The van der Waals surface area contributed by atoms with Crippen LogP contribution >= 0.6 is 34.3 Å². The first kappa shape index (κ1) is 26.0. The highest BCUT2D eigenvalue weighted by Crippen LogP contribution is 2.31. The summed E-state index contributed by atoms with van der Waals surface area (Å²) in [6.07, 6.45) is 1.13. The normalized spacial score (nSPS) is 17.7. The first-order valence-electron chi connectivity index (χ1n) is 10.9. The fourth-order valence-electron chi connectivity index (χ4n) is 3.95. The van der Waals surface area contributed by atoms with Crippen LogP contribution in [0.1, 0.15) is 19.8 Å². The molecule has 1 aliphatic rings. The summed E-state index contributed by atoms with van der Waals surface area (Å²) < 4.78 is 35.9. The van der Waals surface area contributed by atoms with Gasteiger partial charge in [-0.3, -0.25) is 9.59 Å². The van der Waals surface area contributed by atoms with E-state index in [1.165, 1.54) is 28.6 Å². The summed E-state index contributed by atoms with van der Waals surface area (Å²) in [5.74, 6) is -1.06. The van der Waals surface area contributed by atoms with Crippen LogP contribution in [-0.2, 0) is 30.9 Å². The molecule has 1 atom stereocenters. The molecule has 0 saturated carbocycles. The molecule has 188 valence electrons. The van der Waals surface area contributed by atoms with Crippen molar-refractivity contribution in [3.05, 3.63) is 39.5 Å². The molecule has 13 heteroatoms. The predicted molar refractivity (Wildman–Crippen MR) is 137 cm³/mol. The number of aromatic nitrogens is 1. The van der Waals surface area contributed by atoms with Crippen molar-refractivity contribution in [1.29, 1.82) is 0 Å². The number of nitrogens with one attached hydrogen (secondary N) is 1. The van der Waals surface area contributed by atoms with Gasteiger partial charge < -0.3 is 14.6 Å². The molecule has 1 saturated heterocycles. The summed E-state index contributed by atoms with van der Waals surface area (Å²) in [5, 5.41) is 2.76. The second-order valence-corrected chi connectivity index (χ2v) is 13.0. The Labute approximate surface area is 216 Å². The summed E-state index contributed by atoms with van der Waals surface area (Å²) in [4.78, 5) is 29.5. The molecule has 3 heterocycles. The summed E-state index contributed by atoms with van der Waals surface area (Å²) in [7, 11) is -2.12. The van der Waals surface area contributed by atoms with E-state index >= 15 is 0 Å². The number of halogens is 1. The van der Waals surface area contributed by atoms with Gasteiger partial charge in [-0.25, -0.2) is 8.42 Å². The molecular weight excluding hydrogens is 532 g/mol. The quantitative estimate of drug-likeness (QED) is 0.478. The molecule has 2 amide bonds. The van der Waals surface area contributed by atoms with E-state index in [-0.39, 0.29) is 22.6 Å². The van der Waals surface area contributed by atoms with Crippen LogP contribution in [-0.4, -0.2) is 55.9 Å². The van der Waals surface area contributed by atoms with Crippen molar-refractivity contribution in [3.63, 3.8) is 0 Å². The van der Waals surface area contributed by atoms with E-state index in [1.807, 2.05) is 16.7 Å². The van der Waals surface area contributed by atoms with Crippen molar-refractivity contribution in [2.24, 2.45) is 10.9 Å². The van der Waals surface area contributed by atoms with Crippen molar-refractivity contribution >= 4 is 72.0 Å². The minimum absolute atomic E-state index is 0.0792. The third-order valence-electron chi connectivity index (χ3n) is 5.60. The van der Waals surface area contributed by atoms with Gasteiger partial charge in [-0.05, 0) is 43.2 Å². The summed E-state index contributed by atoms with van der Waals surface area (Å²) in [6.45, 7) is 2.80. The van der Waals surface area contributed by atoms with Crippen LogP contribution < -0.4 is 10.1 Å². The van der Waals surface area contributed by atoms with Gasteiger partial charge in [0.05, 0.1) is 27.1 Å². The minimum Gasteiger partial charge on any atom is -0.383 e. The lowest BCUT2D eigenvalue weighted by molar-refractivity contribution is -0.123. The fourth-order valence-corrected chi connectivity index (χ4v) is 8.21. The Hall–Kier alpha value is -2.09.